The summed E-state index contributed by atoms with van der Waals surface area (Å²) in [6.07, 6.45) is 4.30. The van der Waals surface area contributed by atoms with Crippen LogP contribution in [0.5, 0.6) is 11.5 Å². The maximum absolute atomic E-state index is 13.6. The first-order valence-corrected chi connectivity index (χ1v) is 11.6. The van der Waals surface area contributed by atoms with Crippen LogP contribution in [0.3, 0.4) is 0 Å². The first kappa shape index (κ1) is 23.6. The third kappa shape index (κ3) is 4.21. The van der Waals surface area contributed by atoms with E-state index in [1.165, 1.54) is 16.7 Å². The number of ether oxygens (including phenoxy) is 2. The molecule has 0 fully saturated rings. The number of aryl methyl sites for hydroxylation is 1. The lowest BCUT2D eigenvalue weighted by Gasteiger charge is -2.51. The normalized spacial score (nSPS) is 19.1. The predicted molar refractivity (Wildman–Crippen MR) is 139 cm³/mol. The molecule has 1 heterocycles. The molecular weight excluding hydrogens is 422 g/mol. The van der Waals surface area contributed by atoms with Crippen molar-refractivity contribution in [3.8, 4) is 11.5 Å². The number of carbonyl (C=O) groups excluding carboxylic acids is 1. The predicted octanol–water partition coefficient (Wildman–Crippen LogP) is 6.55. The maximum atomic E-state index is 13.6. The van der Waals surface area contributed by atoms with E-state index in [9.17, 15) is 4.79 Å². The number of carbonyl (C=O) groups is 1. The monoisotopic (exact) mass is 455 g/mol. The molecule has 0 N–H and O–H groups in total. The number of anilines is 1. The zero-order chi connectivity index (χ0) is 24.5. The van der Waals surface area contributed by atoms with Crippen LogP contribution in [0, 0.1) is 6.92 Å². The quantitative estimate of drug-likeness (QED) is 0.410. The molecule has 3 aromatic rings. The summed E-state index contributed by atoms with van der Waals surface area (Å²) in [5.74, 6) is 1.25. The topological polar surface area (TPSA) is 38.8 Å². The summed E-state index contributed by atoms with van der Waals surface area (Å²) in [7, 11) is 3.22. The zero-order valence-electron chi connectivity index (χ0n) is 20.9. The minimum Gasteiger partial charge on any atom is -0.493 e. The van der Waals surface area contributed by atoms with Crippen LogP contribution in [0.2, 0.25) is 0 Å². The highest BCUT2D eigenvalue weighted by molar-refractivity contribution is 6.06. The number of methoxy groups -OCH3 is 2. The van der Waals surface area contributed by atoms with Gasteiger partial charge in [-0.2, -0.15) is 0 Å². The molecule has 1 aliphatic heterocycles. The molecule has 4 rings (SSSR count). The van der Waals surface area contributed by atoms with Gasteiger partial charge in [-0.05, 0) is 68.2 Å². The molecular formula is C30H33NO3. The van der Waals surface area contributed by atoms with Crippen LogP contribution in [0.1, 0.15) is 49.4 Å². The molecule has 1 unspecified atom stereocenters. The van der Waals surface area contributed by atoms with E-state index in [1.54, 1.807) is 20.3 Å². The highest BCUT2D eigenvalue weighted by Crippen LogP contribution is 2.50. The van der Waals surface area contributed by atoms with Gasteiger partial charge in [-0.1, -0.05) is 61.0 Å². The Balaban J connectivity index is 1.75. The molecule has 176 valence electrons. The van der Waals surface area contributed by atoms with Crippen molar-refractivity contribution in [1.82, 2.24) is 0 Å². The molecule has 0 aromatic heterocycles. The summed E-state index contributed by atoms with van der Waals surface area (Å²) in [4.78, 5) is 15.6. The van der Waals surface area contributed by atoms with Gasteiger partial charge in [0.2, 0.25) is 0 Å². The number of fused-ring (bicyclic) bond motifs is 1. The molecule has 0 radical (unpaired) electrons. The van der Waals surface area contributed by atoms with Gasteiger partial charge in [-0.25, -0.2) is 0 Å². The van der Waals surface area contributed by atoms with Gasteiger partial charge >= 0.3 is 0 Å². The van der Waals surface area contributed by atoms with Crippen LogP contribution < -0.4 is 14.4 Å². The smallest absolute Gasteiger partial charge is 0.251 e. The Labute approximate surface area is 202 Å². The Morgan fingerprint density at radius 3 is 2.29 bits per heavy atom. The third-order valence-corrected chi connectivity index (χ3v) is 6.84. The average molecular weight is 456 g/mol. The van der Waals surface area contributed by atoms with Crippen LogP contribution in [0.25, 0.3) is 6.08 Å². The lowest BCUT2D eigenvalue weighted by atomic mass is 9.65. The number of nitrogens with zero attached hydrogens (tertiary/aromatic N) is 1. The first-order chi connectivity index (χ1) is 16.2. The second kappa shape index (κ2) is 9.02. The minimum atomic E-state index is -0.383. The van der Waals surface area contributed by atoms with Crippen LogP contribution in [0.15, 0.2) is 72.8 Å². The van der Waals surface area contributed by atoms with Crippen LogP contribution >= 0.6 is 0 Å². The van der Waals surface area contributed by atoms with E-state index in [0.29, 0.717) is 11.5 Å². The third-order valence-electron chi connectivity index (χ3n) is 6.84. The fourth-order valence-corrected chi connectivity index (χ4v) is 5.33. The standard InChI is InChI=1S/C30H33NO3/c1-21-12-15-25-24(18-21)30(4,23-10-8-7-9-11-23)20-29(2,3)31(25)28(32)17-14-22-13-16-26(33-5)27(19-22)34-6/h7-19H,20H2,1-6H3. The van der Waals surface area contributed by atoms with E-state index >= 15 is 0 Å². The summed E-state index contributed by atoms with van der Waals surface area (Å²) < 4.78 is 10.7. The van der Waals surface area contributed by atoms with Crippen LogP contribution in [-0.2, 0) is 10.2 Å². The Hall–Kier alpha value is -3.53. The summed E-state index contributed by atoms with van der Waals surface area (Å²) in [6.45, 7) is 8.70. The lowest BCUT2D eigenvalue weighted by molar-refractivity contribution is -0.115. The molecule has 3 aromatic carbocycles. The van der Waals surface area contributed by atoms with Crippen molar-refractivity contribution in [3.05, 3.63) is 95.1 Å². The molecule has 1 amide bonds. The molecule has 1 aliphatic rings. The van der Waals surface area contributed by atoms with Gasteiger partial charge in [0.1, 0.15) is 0 Å². The van der Waals surface area contributed by atoms with E-state index < -0.39 is 0 Å². The molecule has 0 saturated heterocycles. The molecule has 0 saturated carbocycles. The lowest BCUT2D eigenvalue weighted by Crippen LogP contribution is -2.55. The van der Waals surface area contributed by atoms with Gasteiger partial charge in [0.25, 0.3) is 5.91 Å². The Kier molecular flexibility index (Phi) is 6.26. The van der Waals surface area contributed by atoms with E-state index in [-0.39, 0.29) is 16.9 Å². The van der Waals surface area contributed by atoms with E-state index in [1.807, 2.05) is 35.2 Å². The van der Waals surface area contributed by atoms with Crippen molar-refractivity contribution < 1.29 is 14.3 Å². The number of rotatable bonds is 5. The van der Waals surface area contributed by atoms with Gasteiger partial charge in [0.05, 0.1) is 14.2 Å². The highest BCUT2D eigenvalue weighted by Gasteiger charge is 2.47. The Morgan fingerprint density at radius 1 is 0.912 bits per heavy atom. The molecule has 0 bridgehead atoms. The minimum absolute atomic E-state index is 0.0417. The Bertz CT molecular complexity index is 1230. The number of amides is 1. The van der Waals surface area contributed by atoms with E-state index in [0.717, 1.165) is 17.7 Å². The largest absolute Gasteiger partial charge is 0.493 e. The van der Waals surface area contributed by atoms with Gasteiger partial charge in [0.15, 0.2) is 11.5 Å². The molecule has 34 heavy (non-hydrogen) atoms. The highest BCUT2D eigenvalue weighted by atomic mass is 16.5. The van der Waals surface area contributed by atoms with Crippen molar-refractivity contribution in [2.75, 3.05) is 19.1 Å². The molecule has 0 aliphatic carbocycles. The van der Waals surface area contributed by atoms with E-state index in [4.69, 9.17) is 9.47 Å². The molecule has 4 heteroatoms. The first-order valence-electron chi connectivity index (χ1n) is 11.6. The van der Waals surface area contributed by atoms with Crippen molar-refractivity contribution >= 4 is 17.7 Å². The average Bonchev–Trinajstić information content (AvgIpc) is 2.83. The van der Waals surface area contributed by atoms with Gasteiger partial charge < -0.3 is 14.4 Å². The van der Waals surface area contributed by atoms with Crippen LogP contribution in [0.4, 0.5) is 5.69 Å². The second-order valence-electron chi connectivity index (χ2n) is 9.83. The summed E-state index contributed by atoms with van der Waals surface area (Å²) in [5.41, 5.74) is 4.90. The van der Waals surface area contributed by atoms with Crippen LogP contribution in [-0.4, -0.2) is 25.7 Å². The maximum Gasteiger partial charge on any atom is 0.251 e. The summed E-state index contributed by atoms with van der Waals surface area (Å²) in [5, 5.41) is 0. The molecule has 4 nitrogen and oxygen atoms in total. The van der Waals surface area contributed by atoms with E-state index in [2.05, 4.69) is 70.2 Å². The molecule has 1 atom stereocenters. The van der Waals surface area contributed by atoms with Crippen molar-refractivity contribution in [2.24, 2.45) is 0 Å². The van der Waals surface area contributed by atoms with Crippen molar-refractivity contribution in [2.45, 2.75) is 45.1 Å². The number of benzene rings is 3. The zero-order valence-corrected chi connectivity index (χ0v) is 20.9. The van der Waals surface area contributed by atoms with Gasteiger partial charge in [0, 0.05) is 22.7 Å². The SMILES string of the molecule is COc1ccc(C=CC(=O)N2c3ccc(C)cc3C(C)(c3ccccc3)CC2(C)C)cc1OC. The Morgan fingerprint density at radius 2 is 1.62 bits per heavy atom. The molecule has 0 spiro atoms. The number of hydrogen-bond acceptors (Lipinski definition) is 3. The van der Waals surface area contributed by atoms with Gasteiger partial charge in [-0.3, -0.25) is 4.79 Å². The van der Waals surface area contributed by atoms with Crippen molar-refractivity contribution in [3.63, 3.8) is 0 Å². The number of hydrogen-bond donors (Lipinski definition) is 0. The second-order valence-corrected chi connectivity index (χ2v) is 9.83. The fraction of sp³-hybridized carbons (Fsp3) is 0.300. The summed E-state index contributed by atoms with van der Waals surface area (Å²) >= 11 is 0. The fourth-order valence-electron chi connectivity index (χ4n) is 5.33. The van der Waals surface area contributed by atoms with Crippen molar-refractivity contribution in [1.29, 1.82) is 0 Å². The van der Waals surface area contributed by atoms with Gasteiger partial charge in [-0.15, -0.1) is 0 Å². The summed E-state index contributed by atoms with van der Waals surface area (Å²) in [6, 6.07) is 22.6.